The van der Waals surface area contributed by atoms with Gasteiger partial charge in [0.1, 0.15) is 0 Å². The minimum Gasteiger partial charge on any atom is -0.384 e. The van der Waals surface area contributed by atoms with E-state index in [4.69, 9.17) is 4.74 Å². The Labute approximate surface area is 136 Å². The molecule has 6 heteroatoms. The highest BCUT2D eigenvalue weighted by atomic mass is 16.5. The summed E-state index contributed by atoms with van der Waals surface area (Å²) in [4.78, 5) is 17.7. The molecule has 2 aromatic heterocycles. The van der Waals surface area contributed by atoms with Crippen LogP contribution in [0.5, 0.6) is 0 Å². The molecule has 0 radical (unpaired) electrons. The molecule has 3 rings (SSSR count). The van der Waals surface area contributed by atoms with Crippen molar-refractivity contribution in [3.63, 3.8) is 0 Å². The van der Waals surface area contributed by atoms with Gasteiger partial charge in [-0.1, -0.05) is 0 Å². The quantitative estimate of drug-likeness (QED) is 0.886. The van der Waals surface area contributed by atoms with E-state index in [-0.39, 0.29) is 11.8 Å². The number of aryl methyl sites for hydroxylation is 2. The van der Waals surface area contributed by atoms with Crippen molar-refractivity contribution in [3.05, 3.63) is 41.5 Å². The maximum Gasteiger partial charge on any atom is 0.223 e. The molecule has 1 atom stereocenters. The smallest absolute Gasteiger partial charge is 0.223 e. The van der Waals surface area contributed by atoms with Crippen LogP contribution in [0.1, 0.15) is 36.2 Å². The lowest BCUT2D eigenvalue weighted by molar-refractivity contribution is -0.132. The third kappa shape index (κ3) is 3.47. The van der Waals surface area contributed by atoms with Crippen molar-refractivity contribution >= 4 is 5.91 Å². The number of hydrogen-bond donors (Lipinski definition) is 1. The first kappa shape index (κ1) is 15.8. The van der Waals surface area contributed by atoms with Crippen LogP contribution < -0.4 is 0 Å². The van der Waals surface area contributed by atoms with E-state index in [0.29, 0.717) is 26.1 Å². The molecule has 23 heavy (non-hydrogen) atoms. The Kier molecular flexibility index (Phi) is 4.81. The van der Waals surface area contributed by atoms with Crippen molar-refractivity contribution in [2.24, 2.45) is 0 Å². The number of nitrogens with zero attached hydrogens (tertiary/aromatic N) is 3. The summed E-state index contributed by atoms with van der Waals surface area (Å²) in [6.07, 6.45) is 5.22. The molecule has 6 nitrogen and oxygen atoms in total. The Balaban J connectivity index is 1.69. The molecule has 3 heterocycles. The summed E-state index contributed by atoms with van der Waals surface area (Å²) < 4.78 is 7.28. The van der Waals surface area contributed by atoms with Gasteiger partial charge in [0.2, 0.25) is 5.91 Å². The molecular formula is C17H24N4O2. The van der Waals surface area contributed by atoms with Crippen LogP contribution in [0.2, 0.25) is 0 Å². The highest BCUT2D eigenvalue weighted by molar-refractivity contribution is 5.76. The summed E-state index contributed by atoms with van der Waals surface area (Å²) in [5.74, 6) is 0.349. The third-order valence-electron chi connectivity index (χ3n) is 4.37. The van der Waals surface area contributed by atoms with Gasteiger partial charge in [0.05, 0.1) is 12.3 Å². The van der Waals surface area contributed by atoms with Crippen molar-refractivity contribution in [1.82, 2.24) is 19.7 Å². The molecule has 0 unspecified atom stereocenters. The summed E-state index contributed by atoms with van der Waals surface area (Å²) in [7, 11) is 1.70. The largest absolute Gasteiger partial charge is 0.384 e. The van der Waals surface area contributed by atoms with Gasteiger partial charge in [0.25, 0.3) is 0 Å². The number of nitrogens with one attached hydrogen (secondary N) is 1. The number of aromatic amines is 1. The molecule has 0 aromatic carbocycles. The number of carbonyl (C=O) groups is 1. The number of rotatable bonds is 6. The van der Waals surface area contributed by atoms with Crippen LogP contribution in [0.25, 0.3) is 0 Å². The summed E-state index contributed by atoms with van der Waals surface area (Å²) in [6, 6.07) is 3.97. The Morgan fingerprint density at radius 1 is 1.52 bits per heavy atom. The van der Waals surface area contributed by atoms with Gasteiger partial charge >= 0.3 is 0 Å². The summed E-state index contributed by atoms with van der Waals surface area (Å²) in [6.45, 7) is 4.84. The maximum absolute atomic E-state index is 12.6. The van der Waals surface area contributed by atoms with E-state index < -0.39 is 0 Å². The molecule has 0 saturated carbocycles. The van der Waals surface area contributed by atoms with E-state index in [1.165, 1.54) is 0 Å². The summed E-state index contributed by atoms with van der Waals surface area (Å²) in [5, 5.41) is 4.64. The van der Waals surface area contributed by atoms with Gasteiger partial charge < -0.3 is 14.6 Å². The Bertz CT molecular complexity index is 648. The average Bonchev–Trinajstić information content (AvgIpc) is 3.21. The minimum absolute atomic E-state index is 0.158. The highest BCUT2D eigenvalue weighted by Gasteiger charge is 2.30. The molecule has 1 N–H and O–H groups in total. The normalized spacial score (nSPS) is 17.3. The zero-order valence-corrected chi connectivity index (χ0v) is 13.8. The zero-order chi connectivity index (χ0) is 16.2. The van der Waals surface area contributed by atoms with Crippen LogP contribution in [0.15, 0.2) is 24.5 Å². The molecular weight excluding hydrogens is 292 g/mol. The van der Waals surface area contributed by atoms with E-state index in [1.54, 1.807) is 7.11 Å². The summed E-state index contributed by atoms with van der Waals surface area (Å²) in [5.41, 5.74) is 3.33. The lowest BCUT2D eigenvalue weighted by atomic mass is 9.97. The first-order chi connectivity index (χ1) is 11.2. The van der Waals surface area contributed by atoms with Gasteiger partial charge in [-0.05, 0) is 25.5 Å². The van der Waals surface area contributed by atoms with Crippen molar-refractivity contribution in [2.45, 2.75) is 38.8 Å². The second-order valence-corrected chi connectivity index (χ2v) is 6.02. The lowest BCUT2D eigenvalue weighted by Crippen LogP contribution is -2.39. The van der Waals surface area contributed by atoms with Crippen molar-refractivity contribution < 1.29 is 9.53 Å². The van der Waals surface area contributed by atoms with Crippen molar-refractivity contribution in [1.29, 1.82) is 0 Å². The van der Waals surface area contributed by atoms with Gasteiger partial charge in [-0.2, -0.15) is 5.10 Å². The number of methoxy groups -OCH3 is 1. The Morgan fingerprint density at radius 2 is 2.39 bits per heavy atom. The van der Waals surface area contributed by atoms with Crippen LogP contribution in [0, 0.1) is 0 Å². The third-order valence-corrected chi connectivity index (χ3v) is 4.37. The molecule has 0 bridgehead atoms. The topological polar surface area (TPSA) is 63.1 Å². The summed E-state index contributed by atoms with van der Waals surface area (Å²) >= 11 is 0. The first-order valence-electron chi connectivity index (χ1n) is 8.16. The molecule has 0 spiro atoms. The fraction of sp³-hybridized carbons (Fsp3) is 0.529. The van der Waals surface area contributed by atoms with E-state index in [2.05, 4.69) is 23.2 Å². The van der Waals surface area contributed by atoms with Crippen LogP contribution in [0.4, 0.5) is 0 Å². The van der Waals surface area contributed by atoms with Gasteiger partial charge in [0, 0.05) is 62.7 Å². The number of carbonyl (C=O) groups excluding carboxylic acids is 1. The Hall–Kier alpha value is -2.08. The Morgan fingerprint density at radius 3 is 3.09 bits per heavy atom. The van der Waals surface area contributed by atoms with Crippen LogP contribution in [-0.4, -0.2) is 45.8 Å². The van der Waals surface area contributed by atoms with Crippen molar-refractivity contribution in [2.75, 3.05) is 20.3 Å². The first-order valence-corrected chi connectivity index (χ1v) is 8.16. The second-order valence-electron chi connectivity index (χ2n) is 6.02. The number of hydrogen-bond acceptors (Lipinski definition) is 3. The van der Waals surface area contributed by atoms with Crippen LogP contribution in [-0.2, 0) is 29.0 Å². The molecule has 0 saturated heterocycles. The molecule has 124 valence electrons. The molecule has 1 aliphatic rings. The minimum atomic E-state index is 0.158. The average molecular weight is 316 g/mol. The predicted octanol–water partition coefficient (Wildman–Crippen LogP) is 1.94. The molecule has 1 amide bonds. The predicted molar refractivity (Wildman–Crippen MR) is 87.0 cm³/mol. The van der Waals surface area contributed by atoms with Gasteiger partial charge in [-0.15, -0.1) is 0 Å². The number of fused-ring (bicyclic) bond motifs is 1. The van der Waals surface area contributed by atoms with E-state index in [1.807, 2.05) is 27.9 Å². The van der Waals surface area contributed by atoms with Crippen LogP contribution >= 0.6 is 0 Å². The zero-order valence-electron chi connectivity index (χ0n) is 13.8. The number of aromatic nitrogens is 3. The molecule has 2 aromatic rings. The maximum atomic E-state index is 12.6. The second kappa shape index (κ2) is 7.00. The molecule has 1 aliphatic heterocycles. The van der Waals surface area contributed by atoms with Gasteiger partial charge in [-0.25, -0.2) is 0 Å². The van der Waals surface area contributed by atoms with Gasteiger partial charge in [-0.3, -0.25) is 9.48 Å². The van der Waals surface area contributed by atoms with E-state index >= 15 is 0 Å². The van der Waals surface area contributed by atoms with E-state index in [0.717, 1.165) is 29.9 Å². The highest BCUT2D eigenvalue weighted by Crippen LogP contribution is 2.28. The molecule has 0 fully saturated rings. The lowest BCUT2D eigenvalue weighted by Gasteiger charge is -2.31. The monoisotopic (exact) mass is 316 g/mol. The number of H-pyrrole nitrogens is 1. The standard InChI is InChI=1S/C17H24N4O2/c1-3-21-11-13-9-20(10-14(12-23-2)17(13)19-21)16(22)7-6-15-5-4-8-18-15/h4-5,8,11,14,18H,3,6-7,9-10,12H2,1-2H3/t14-/m1/s1. The fourth-order valence-electron chi connectivity index (χ4n) is 3.17. The number of ether oxygens (including phenoxy) is 1. The van der Waals surface area contributed by atoms with Crippen molar-refractivity contribution in [3.8, 4) is 0 Å². The SMILES string of the molecule is CCn1cc2c(n1)[C@@H](COC)CN(C(=O)CCc1ccc[nH]1)C2. The molecule has 0 aliphatic carbocycles. The van der Waals surface area contributed by atoms with E-state index in [9.17, 15) is 4.79 Å². The fourth-order valence-corrected chi connectivity index (χ4v) is 3.17. The number of amides is 1. The van der Waals surface area contributed by atoms with Gasteiger partial charge in [0.15, 0.2) is 0 Å². The van der Waals surface area contributed by atoms with Crippen LogP contribution in [0.3, 0.4) is 0 Å².